The lowest BCUT2D eigenvalue weighted by Gasteiger charge is -2.37. The van der Waals surface area contributed by atoms with E-state index < -0.39 is 11.7 Å². The number of carbonyl (C=O) groups excluding carboxylic acids is 3. The molecule has 7 nitrogen and oxygen atoms in total. The molecule has 0 unspecified atom stereocenters. The van der Waals surface area contributed by atoms with Crippen molar-refractivity contribution in [2.24, 2.45) is 7.05 Å². The second-order valence-corrected chi connectivity index (χ2v) is 7.98. The average Bonchev–Trinajstić information content (AvgIpc) is 2.97. The maximum Gasteiger partial charge on any atom is 0.294 e. The number of fused-ring (bicyclic) bond motifs is 1. The van der Waals surface area contributed by atoms with Gasteiger partial charge in [0.2, 0.25) is 0 Å². The normalized spacial score (nSPS) is 19.7. The topological polar surface area (TPSA) is 74.7 Å². The molecule has 150 valence electrons. The van der Waals surface area contributed by atoms with E-state index in [4.69, 9.17) is 0 Å². The lowest BCUT2D eigenvalue weighted by Crippen LogP contribution is -2.56. The molecule has 0 saturated carbocycles. The van der Waals surface area contributed by atoms with Gasteiger partial charge in [0.25, 0.3) is 17.6 Å². The van der Waals surface area contributed by atoms with Crippen molar-refractivity contribution in [1.82, 2.24) is 19.7 Å². The van der Waals surface area contributed by atoms with E-state index in [2.05, 4.69) is 12.2 Å². The molecule has 2 amide bonds. The molecule has 3 rings (SSSR count). The Hall–Kier alpha value is -2.67. The maximum absolute atomic E-state index is 13.3. The fourth-order valence-corrected chi connectivity index (χ4v) is 3.72. The van der Waals surface area contributed by atoms with Gasteiger partial charge in [0, 0.05) is 69.0 Å². The van der Waals surface area contributed by atoms with Gasteiger partial charge in [-0.15, -0.1) is 0 Å². The summed E-state index contributed by atoms with van der Waals surface area (Å²) in [6, 6.07) is 4.00. The molecule has 7 heteroatoms. The number of aromatic nitrogens is 1. The number of nitrogens with zero attached hydrogens (tertiary/aromatic N) is 3. The smallest absolute Gasteiger partial charge is 0.294 e. The molecule has 0 radical (unpaired) electrons. The summed E-state index contributed by atoms with van der Waals surface area (Å²) in [7, 11) is 4.94. The number of carbonyl (C=O) groups is 3. The van der Waals surface area contributed by atoms with Crippen molar-refractivity contribution in [3.8, 4) is 0 Å². The number of benzene rings is 1. The van der Waals surface area contributed by atoms with Crippen LogP contribution in [0.2, 0.25) is 0 Å². The molecule has 1 aliphatic rings. The van der Waals surface area contributed by atoms with Crippen LogP contribution in [-0.2, 0) is 11.8 Å². The van der Waals surface area contributed by atoms with Gasteiger partial charge in [-0.05, 0) is 38.5 Å². The van der Waals surface area contributed by atoms with Crippen LogP contribution in [0.4, 0.5) is 0 Å². The van der Waals surface area contributed by atoms with E-state index in [0.29, 0.717) is 23.1 Å². The molecule has 28 heavy (non-hydrogen) atoms. The molecule has 1 fully saturated rings. The third-order valence-electron chi connectivity index (χ3n) is 5.44. The van der Waals surface area contributed by atoms with E-state index in [1.54, 1.807) is 26.4 Å². The first-order chi connectivity index (χ1) is 13.1. The minimum absolute atomic E-state index is 0.0403. The van der Waals surface area contributed by atoms with Crippen molar-refractivity contribution >= 4 is 28.5 Å². The van der Waals surface area contributed by atoms with E-state index in [-0.39, 0.29) is 18.0 Å². The Morgan fingerprint density at radius 2 is 1.82 bits per heavy atom. The predicted molar refractivity (Wildman–Crippen MR) is 109 cm³/mol. The zero-order valence-electron chi connectivity index (χ0n) is 17.4. The Labute approximate surface area is 165 Å². The molecule has 1 aliphatic heterocycles. The first kappa shape index (κ1) is 20.1. The quantitative estimate of drug-likeness (QED) is 0.644. The molecule has 1 saturated heterocycles. The van der Waals surface area contributed by atoms with Gasteiger partial charge in [-0.25, -0.2) is 0 Å². The molecule has 0 bridgehead atoms. The van der Waals surface area contributed by atoms with Gasteiger partial charge in [-0.1, -0.05) is 0 Å². The molecular weight excluding hydrogens is 356 g/mol. The molecule has 0 spiro atoms. The number of piperazine rings is 1. The molecule has 2 atom stereocenters. The summed E-state index contributed by atoms with van der Waals surface area (Å²) < 4.78 is 1.82. The minimum atomic E-state index is -0.578. The van der Waals surface area contributed by atoms with Gasteiger partial charge in [0.05, 0.1) is 5.56 Å². The van der Waals surface area contributed by atoms with Crippen molar-refractivity contribution in [2.45, 2.75) is 32.9 Å². The monoisotopic (exact) mass is 384 g/mol. The van der Waals surface area contributed by atoms with Crippen LogP contribution in [0.15, 0.2) is 18.3 Å². The van der Waals surface area contributed by atoms with Gasteiger partial charge in [-0.2, -0.15) is 0 Å². The van der Waals surface area contributed by atoms with Crippen molar-refractivity contribution in [2.75, 3.05) is 27.2 Å². The fraction of sp³-hybridized carbons (Fsp3) is 0.476. The average molecular weight is 384 g/mol. The number of Topliss-reactive ketones (excluding diaryl/α,β-unsaturated/α-hetero) is 1. The SMILES string of the molecule is Cc1cc2c(cc1C(=O)N1C[C@H](C)NC[C@H]1C)c(C(=O)C(=O)N(C)C)cn2C. The Bertz CT molecular complexity index is 960. The van der Waals surface area contributed by atoms with Crippen LogP contribution in [0.1, 0.15) is 40.1 Å². The number of hydrogen-bond acceptors (Lipinski definition) is 4. The van der Waals surface area contributed by atoms with Gasteiger partial charge in [0.1, 0.15) is 0 Å². The van der Waals surface area contributed by atoms with Crippen molar-refractivity contribution < 1.29 is 14.4 Å². The standard InChI is InChI=1S/C21H28N4O3/c1-12-7-18-16(17(11-24(18)6)19(26)21(28)23(4)5)8-15(12)20(27)25-10-13(2)22-9-14(25)3/h7-8,11,13-14,22H,9-10H2,1-6H3/t13-,14+/m0/s1. The Kier molecular flexibility index (Phi) is 5.30. The Morgan fingerprint density at radius 3 is 2.46 bits per heavy atom. The number of likely N-dealkylation sites (N-methyl/N-ethyl adjacent to an activating group) is 1. The molecule has 2 heterocycles. The highest BCUT2D eigenvalue weighted by Crippen LogP contribution is 2.27. The number of nitrogens with one attached hydrogen (secondary N) is 1. The number of hydrogen-bond donors (Lipinski definition) is 1. The van der Waals surface area contributed by atoms with Crippen molar-refractivity contribution in [1.29, 1.82) is 0 Å². The first-order valence-corrected chi connectivity index (χ1v) is 9.51. The summed E-state index contributed by atoms with van der Waals surface area (Å²) in [5.74, 6) is -1.19. The molecule has 1 N–H and O–H groups in total. The van der Waals surface area contributed by atoms with E-state index in [1.807, 2.05) is 36.4 Å². The largest absolute Gasteiger partial charge is 0.350 e. The Morgan fingerprint density at radius 1 is 1.14 bits per heavy atom. The van der Waals surface area contributed by atoms with Gasteiger partial charge in [-0.3, -0.25) is 14.4 Å². The summed E-state index contributed by atoms with van der Waals surface area (Å²) in [6.45, 7) is 7.38. The highest BCUT2D eigenvalue weighted by Gasteiger charge is 2.29. The highest BCUT2D eigenvalue weighted by atomic mass is 16.2. The van der Waals surface area contributed by atoms with Crippen molar-refractivity contribution in [3.63, 3.8) is 0 Å². The van der Waals surface area contributed by atoms with E-state index >= 15 is 0 Å². The third-order valence-corrected chi connectivity index (χ3v) is 5.44. The minimum Gasteiger partial charge on any atom is -0.350 e. The number of rotatable bonds is 3. The lowest BCUT2D eigenvalue weighted by molar-refractivity contribution is -0.124. The van der Waals surface area contributed by atoms with E-state index in [0.717, 1.165) is 17.6 Å². The van der Waals surface area contributed by atoms with Crippen LogP contribution in [0.25, 0.3) is 10.9 Å². The number of aryl methyl sites for hydroxylation is 2. The number of ketones is 1. The summed E-state index contributed by atoms with van der Waals surface area (Å²) >= 11 is 0. The maximum atomic E-state index is 13.3. The zero-order chi connectivity index (χ0) is 20.7. The first-order valence-electron chi connectivity index (χ1n) is 9.51. The van der Waals surface area contributed by atoms with Gasteiger partial charge >= 0.3 is 0 Å². The number of amides is 2. The second kappa shape index (κ2) is 7.39. The zero-order valence-corrected chi connectivity index (χ0v) is 17.4. The van der Waals surface area contributed by atoms with E-state index in [1.165, 1.54) is 4.90 Å². The molecule has 1 aromatic heterocycles. The molecule has 1 aromatic carbocycles. The summed E-state index contributed by atoms with van der Waals surface area (Å²) in [5.41, 5.74) is 2.58. The van der Waals surface area contributed by atoms with E-state index in [9.17, 15) is 14.4 Å². The van der Waals surface area contributed by atoms with Crippen LogP contribution in [-0.4, -0.2) is 71.2 Å². The van der Waals surface area contributed by atoms with Crippen LogP contribution >= 0.6 is 0 Å². The van der Waals surface area contributed by atoms with Gasteiger partial charge in [0.15, 0.2) is 0 Å². The van der Waals surface area contributed by atoms with Crippen LogP contribution in [0.3, 0.4) is 0 Å². The second-order valence-electron chi connectivity index (χ2n) is 7.98. The summed E-state index contributed by atoms with van der Waals surface area (Å²) in [4.78, 5) is 41.3. The molecule has 0 aliphatic carbocycles. The van der Waals surface area contributed by atoms with Crippen molar-refractivity contribution in [3.05, 3.63) is 35.0 Å². The van der Waals surface area contributed by atoms with Crippen LogP contribution in [0.5, 0.6) is 0 Å². The van der Waals surface area contributed by atoms with Crippen LogP contribution < -0.4 is 5.32 Å². The fourth-order valence-electron chi connectivity index (χ4n) is 3.72. The summed E-state index contributed by atoms with van der Waals surface area (Å²) in [6.07, 6.45) is 1.66. The molecule has 2 aromatic rings. The predicted octanol–water partition coefficient (Wildman–Crippen LogP) is 1.58. The van der Waals surface area contributed by atoms with Gasteiger partial charge < -0.3 is 19.7 Å². The van der Waals surface area contributed by atoms with Crippen LogP contribution in [0, 0.1) is 6.92 Å². The molecular formula is C21H28N4O3. The lowest BCUT2D eigenvalue weighted by atomic mass is 10.00. The summed E-state index contributed by atoms with van der Waals surface area (Å²) in [5, 5.41) is 4.01. The Balaban J connectivity index is 2.08. The highest BCUT2D eigenvalue weighted by molar-refractivity contribution is 6.44. The third kappa shape index (κ3) is 3.42.